The number of aromatic hydroxyl groups is 1. The van der Waals surface area contributed by atoms with Crippen molar-refractivity contribution < 1.29 is 10.3 Å². The zero-order valence-corrected chi connectivity index (χ0v) is 13.0. The highest BCUT2D eigenvalue weighted by atomic mass is 16.5. The third kappa shape index (κ3) is 2.66. The van der Waals surface area contributed by atoms with E-state index in [9.17, 15) is 10.3 Å². The maximum absolute atomic E-state index is 10.5. The standard InChI is InChI=1S/C16H24N2O2/c1-10-8-13(16(3,4)5)15(19)11(2)12(10)9-14-17-6-7-18(14)20/h8,19-20H,6-7,9H2,1-5H3. The number of rotatable bonds is 2. The minimum Gasteiger partial charge on any atom is -0.507 e. The SMILES string of the molecule is Cc1cc(C(C)(C)C)c(O)c(C)c1CC1=NCCN1O. The van der Waals surface area contributed by atoms with Crippen LogP contribution in [0.5, 0.6) is 5.75 Å². The highest BCUT2D eigenvalue weighted by molar-refractivity contribution is 5.85. The van der Waals surface area contributed by atoms with E-state index in [1.54, 1.807) is 0 Å². The maximum atomic E-state index is 10.5. The number of amidine groups is 1. The Morgan fingerprint density at radius 2 is 1.95 bits per heavy atom. The summed E-state index contributed by atoms with van der Waals surface area (Å²) >= 11 is 0. The largest absolute Gasteiger partial charge is 0.507 e. The topological polar surface area (TPSA) is 56.1 Å². The summed E-state index contributed by atoms with van der Waals surface area (Å²) in [5, 5.41) is 21.4. The van der Waals surface area contributed by atoms with Crippen molar-refractivity contribution in [2.45, 2.75) is 46.5 Å². The van der Waals surface area contributed by atoms with Crippen molar-refractivity contribution in [3.8, 4) is 5.75 Å². The van der Waals surface area contributed by atoms with Crippen molar-refractivity contribution in [2.24, 2.45) is 4.99 Å². The van der Waals surface area contributed by atoms with Gasteiger partial charge in [0.15, 0.2) is 0 Å². The average molecular weight is 276 g/mol. The summed E-state index contributed by atoms with van der Waals surface area (Å²) in [5.41, 5.74) is 3.94. The van der Waals surface area contributed by atoms with Gasteiger partial charge in [-0.15, -0.1) is 0 Å². The van der Waals surface area contributed by atoms with Crippen molar-refractivity contribution in [2.75, 3.05) is 13.1 Å². The number of phenols is 1. The molecule has 1 aromatic carbocycles. The molecule has 0 unspecified atom stereocenters. The molecule has 0 aromatic heterocycles. The van der Waals surface area contributed by atoms with Crippen LogP contribution in [0.25, 0.3) is 0 Å². The van der Waals surface area contributed by atoms with E-state index < -0.39 is 0 Å². The summed E-state index contributed by atoms with van der Waals surface area (Å²) in [6, 6.07) is 2.05. The second kappa shape index (κ2) is 5.09. The molecule has 4 nitrogen and oxygen atoms in total. The highest BCUT2D eigenvalue weighted by Crippen LogP contribution is 2.36. The van der Waals surface area contributed by atoms with E-state index in [2.05, 4.69) is 31.8 Å². The second-order valence-corrected chi connectivity index (χ2v) is 6.54. The Labute approximate surface area is 120 Å². The second-order valence-electron chi connectivity index (χ2n) is 6.54. The number of aryl methyl sites for hydroxylation is 1. The molecule has 0 amide bonds. The molecule has 1 heterocycles. The molecule has 1 aliphatic rings. The lowest BCUT2D eigenvalue weighted by molar-refractivity contribution is -0.00437. The Kier molecular flexibility index (Phi) is 3.78. The summed E-state index contributed by atoms with van der Waals surface area (Å²) in [6.45, 7) is 11.5. The summed E-state index contributed by atoms with van der Waals surface area (Å²) in [5.74, 6) is 1.04. The van der Waals surface area contributed by atoms with Crippen LogP contribution in [-0.4, -0.2) is 34.3 Å². The number of aliphatic imine (C=N–C) groups is 1. The Bertz CT molecular complexity index is 557. The van der Waals surface area contributed by atoms with Gasteiger partial charge < -0.3 is 5.11 Å². The van der Waals surface area contributed by atoms with Gasteiger partial charge in [0.1, 0.15) is 11.6 Å². The minimum absolute atomic E-state index is 0.0912. The quantitative estimate of drug-likeness (QED) is 0.873. The smallest absolute Gasteiger partial charge is 0.128 e. The first kappa shape index (κ1) is 14.9. The lowest BCUT2D eigenvalue weighted by Gasteiger charge is -2.24. The number of phenolic OH excluding ortho intramolecular Hbond substituents is 1. The number of hydrogen-bond donors (Lipinski definition) is 2. The van der Waals surface area contributed by atoms with Gasteiger partial charge in [0.2, 0.25) is 0 Å². The summed E-state index contributed by atoms with van der Waals surface area (Å²) in [6.07, 6.45) is 0.562. The zero-order chi connectivity index (χ0) is 15.1. The molecule has 4 heteroatoms. The van der Waals surface area contributed by atoms with E-state index in [4.69, 9.17) is 0 Å². The van der Waals surface area contributed by atoms with E-state index in [1.807, 2.05) is 13.8 Å². The molecule has 0 aliphatic carbocycles. The van der Waals surface area contributed by atoms with Gasteiger partial charge in [-0.2, -0.15) is 0 Å². The lowest BCUT2D eigenvalue weighted by atomic mass is 9.82. The van der Waals surface area contributed by atoms with Crippen LogP contribution in [0.15, 0.2) is 11.1 Å². The van der Waals surface area contributed by atoms with Gasteiger partial charge in [0, 0.05) is 6.42 Å². The predicted octanol–water partition coefficient (Wildman–Crippen LogP) is 2.95. The molecule has 0 fully saturated rings. The fraction of sp³-hybridized carbons (Fsp3) is 0.562. The number of nitrogens with zero attached hydrogens (tertiary/aromatic N) is 2. The van der Waals surface area contributed by atoms with Crippen LogP contribution in [0, 0.1) is 13.8 Å². The molecule has 2 N–H and O–H groups in total. The van der Waals surface area contributed by atoms with Crippen LogP contribution in [0.3, 0.4) is 0 Å². The van der Waals surface area contributed by atoms with Gasteiger partial charge in [0.25, 0.3) is 0 Å². The van der Waals surface area contributed by atoms with Gasteiger partial charge >= 0.3 is 0 Å². The van der Waals surface area contributed by atoms with Crippen LogP contribution in [0.2, 0.25) is 0 Å². The molecule has 0 bridgehead atoms. The fourth-order valence-corrected chi connectivity index (χ4v) is 2.65. The van der Waals surface area contributed by atoms with Gasteiger partial charge in [-0.25, -0.2) is 5.06 Å². The number of hydroxylamine groups is 2. The van der Waals surface area contributed by atoms with Gasteiger partial charge in [-0.3, -0.25) is 10.2 Å². The summed E-state index contributed by atoms with van der Waals surface area (Å²) < 4.78 is 0. The van der Waals surface area contributed by atoms with Crippen molar-refractivity contribution in [1.29, 1.82) is 0 Å². The molecule has 0 saturated heterocycles. The number of benzene rings is 1. The van der Waals surface area contributed by atoms with Crippen LogP contribution >= 0.6 is 0 Å². The van der Waals surface area contributed by atoms with Crippen molar-refractivity contribution in [3.63, 3.8) is 0 Å². The average Bonchev–Trinajstić information content (AvgIpc) is 2.73. The molecule has 20 heavy (non-hydrogen) atoms. The van der Waals surface area contributed by atoms with Gasteiger partial charge in [0.05, 0.1) is 13.1 Å². The Morgan fingerprint density at radius 1 is 1.30 bits per heavy atom. The van der Waals surface area contributed by atoms with E-state index in [1.165, 1.54) is 5.06 Å². The van der Waals surface area contributed by atoms with Crippen LogP contribution < -0.4 is 0 Å². The van der Waals surface area contributed by atoms with E-state index in [0.29, 0.717) is 31.1 Å². The molecular formula is C16H24N2O2. The number of hydrogen-bond acceptors (Lipinski definition) is 4. The maximum Gasteiger partial charge on any atom is 0.128 e. The van der Waals surface area contributed by atoms with E-state index in [-0.39, 0.29) is 5.41 Å². The molecule has 1 aliphatic heterocycles. The van der Waals surface area contributed by atoms with Crippen molar-refractivity contribution in [3.05, 3.63) is 28.3 Å². The third-order valence-corrected chi connectivity index (χ3v) is 3.95. The highest BCUT2D eigenvalue weighted by Gasteiger charge is 2.24. The molecule has 110 valence electrons. The predicted molar refractivity (Wildman–Crippen MR) is 80.8 cm³/mol. The van der Waals surface area contributed by atoms with Gasteiger partial charge in [-0.05, 0) is 41.5 Å². The summed E-state index contributed by atoms with van der Waals surface area (Å²) in [7, 11) is 0. The Hall–Kier alpha value is -1.55. The molecule has 0 atom stereocenters. The molecule has 0 radical (unpaired) electrons. The Morgan fingerprint density at radius 3 is 2.45 bits per heavy atom. The third-order valence-electron chi connectivity index (χ3n) is 3.95. The van der Waals surface area contributed by atoms with Crippen LogP contribution in [-0.2, 0) is 11.8 Å². The van der Waals surface area contributed by atoms with Gasteiger partial charge in [-0.1, -0.05) is 26.8 Å². The van der Waals surface area contributed by atoms with E-state index in [0.717, 1.165) is 22.3 Å². The lowest BCUT2D eigenvalue weighted by Crippen LogP contribution is -2.26. The molecule has 0 saturated carbocycles. The first-order valence-electron chi connectivity index (χ1n) is 7.04. The molecular weight excluding hydrogens is 252 g/mol. The normalized spacial score (nSPS) is 15.7. The monoisotopic (exact) mass is 276 g/mol. The first-order chi connectivity index (χ1) is 9.21. The fourth-order valence-electron chi connectivity index (χ4n) is 2.65. The van der Waals surface area contributed by atoms with Crippen molar-refractivity contribution >= 4 is 5.84 Å². The first-order valence-corrected chi connectivity index (χ1v) is 7.04. The van der Waals surface area contributed by atoms with Crippen LogP contribution in [0.4, 0.5) is 0 Å². The molecule has 2 rings (SSSR count). The summed E-state index contributed by atoms with van der Waals surface area (Å²) in [4.78, 5) is 4.31. The van der Waals surface area contributed by atoms with Crippen molar-refractivity contribution in [1.82, 2.24) is 5.06 Å². The Balaban J connectivity index is 2.43. The molecule has 1 aromatic rings. The van der Waals surface area contributed by atoms with E-state index >= 15 is 0 Å². The minimum atomic E-state index is -0.0912. The van der Waals surface area contributed by atoms with Crippen LogP contribution in [0.1, 0.15) is 43.0 Å². The zero-order valence-electron chi connectivity index (χ0n) is 13.0. The molecule has 0 spiro atoms.